The largest absolute Gasteiger partial charge is 0.399 e. The van der Waals surface area contributed by atoms with Gasteiger partial charge in [0.1, 0.15) is 0 Å². The van der Waals surface area contributed by atoms with E-state index < -0.39 is 0 Å². The highest BCUT2D eigenvalue weighted by Gasteiger charge is 2.07. The lowest BCUT2D eigenvalue weighted by atomic mass is 10.2. The standard InChI is InChI=1S/C17H14N4O/c18-14-8-4-7-13(9-14)17(22)21-15-10-19-16(20-11-15)12-5-2-1-3-6-12/h1-11H,18H2,(H,21,22). The maximum absolute atomic E-state index is 12.1. The predicted molar refractivity (Wildman–Crippen MR) is 86.3 cm³/mol. The first-order valence-electron chi connectivity index (χ1n) is 6.77. The molecular weight excluding hydrogens is 276 g/mol. The summed E-state index contributed by atoms with van der Waals surface area (Å²) in [5.74, 6) is 0.367. The molecule has 0 saturated heterocycles. The van der Waals surface area contributed by atoms with Crippen LogP contribution >= 0.6 is 0 Å². The van der Waals surface area contributed by atoms with E-state index in [2.05, 4.69) is 15.3 Å². The van der Waals surface area contributed by atoms with Gasteiger partial charge in [0.25, 0.3) is 5.91 Å². The van der Waals surface area contributed by atoms with Gasteiger partial charge in [-0.05, 0) is 18.2 Å². The summed E-state index contributed by atoms with van der Waals surface area (Å²) in [6.07, 6.45) is 3.17. The minimum atomic E-state index is -0.247. The van der Waals surface area contributed by atoms with Crippen LogP contribution in [0.15, 0.2) is 67.0 Å². The highest BCUT2D eigenvalue weighted by atomic mass is 16.1. The zero-order valence-electron chi connectivity index (χ0n) is 11.7. The Morgan fingerprint density at radius 2 is 1.68 bits per heavy atom. The van der Waals surface area contributed by atoms with Crippen LogP contribution in [0.5, 0.6) is 0 Å². The normalized spacial score (nSPS) is 10.2. The average Bonchev–Trinajstić information content (AvgIpc) is 2.56. The van der Waals surface area contributed by atoms with E-state index in [0.717, 1.165) is 5.56 Å². The van der Waals surface area contributed by atoms with E-state index in [1.165, 1.54) is 0 Å². The lowest BCUT2D eigenvalue weighted by Gasteiger charge is -2.06. The molecule has 108 valence electrons. The van der Waals surface area contributed by atoms with Gasteiger partial charge < -0.3 is 11.1 Å². The number of hydrogen-bond donors (Lipinski definition) is 2. The van der Waals surface area contributed by atoms with E-state index in [9.17, 15) is 4.79 Å². The Balaban J connectivity index is 1.75. The molecule has 0 aliphatic rings. The Hall–Kier alpha value is -3.21. The number of amides is 1. The first-order valence-corrected chi connectivity index (χ1v) is 6.77. The van der Waals surface area contributed by atoms with Crippen molar-refractivity contribution in [1.82, 2.24) is 9.97 Å². The summed E-state index contributed by atoms with van der Waals surface area (Å²) < 4.78 is 0. The van der Waals surface area contributed by atoms with Crippen LogP contribution < -0.4 is 11.1 Å². The molecule has 0 radical (unpaired) electrons. The topological polar surface area (TPSA) is 80.9 Å². The number of benzene rings is 2. The molecule has 0 unspecified atom stereocenters. The summed E-state index contributed by atoms with van der Waals surface area (Å²) in [4.78, 5) is 20.6. The van der Waals surface area contributed by atoms with Crippen LogP contribution in [0.25, 0.3) is 11.4 Å². The summed E-state index contributed by atoms with van der Waals surface area (Å²) in [6.45, 7) is 0. The fourth-order valence-corrected chi connectivity index (χ4v) is 2.01. The minimum Gasteiger partial charge on any atom is -0.399 e. The van der Waals surface area contributed by atoms with Crippen molar-refractivity contribution in [3.8, 4) is 11.4 Å². The van der Waals surface area contributed by atoms with Gasteiger partial charge in [0.05, 0.1) is 18.1 Å². The summed E-state index contributed by atoms with van der Waals surface area (Å²) in [5.41, 5.74) is 8.17. The molecule has 3 N–H and O–H groups in total. The summed E-state index contributed by atoms with van der Waals surface area (Å²) in [7, 11) is 0. The monoisotopic (exact) mass is 290 g/mol. The Kier molecular flexibility index (Phi) is 3.78. The molecule has 1 amide bonds. The zero-order chi connectivity index (χ0) is 15.4. The first kappa shape index (κ1) is 13.8. The number of nitrogens with one attached hydrogen (secondary N) is 1. The molecule has 0 fully saturated rings. The lowest BCUT2D eigenvalue weighted by Crippen LogP contribution is -2.12. The van der Waals surface area contributed by atoms with E-state index >= 15 is 0 Å². The van der Waals surface area contributed by atoms with Crippen LogP contribution in [0, 0.1) is 0 Å². The fraction of sp³-hybridized carbons (Fsp3) is 0. The van der Waals surface area contributed by atoms with Gasteiger partial charge in [0.2, 0.25) is 0 Å². The van der Waals surface area contributed by atoms with Gasteiger partial charge in [-0.1, -0.05) is 36.4 Å². The average molecular weight is 290 g/mol. The Morgan fingerprint density at radius 1 is 0.955 bits per heavy atom. The van der Waals surface area contributed by atoms with E-state index in [1.807, 2.05) is 30.3 Å². The summed E-state index contributed by atoms with van der Waals surface area (Å²) >= 11 is 0. The number of hydrogen-bond acceptors (Lipinski definition) is 4. The smallest absolute Gasteiger partial charge is 0.255 e. The van der Waals surface area contributed by atoms with Crippen molar-refractivity contribution in [3.63, 3.8) is 0 Å². The third-order valence-electron chi connectivity index (χ3n) is 3.09. The van der Waals surface area contributed by atoms with Gasteiger partial charge in [0.15, 0.2) is 5.82 Å². The van der Waals surface area contributed by atoms with Gasteiger partial charge in [-0.25, -0.2) is 9.97 Å². The predicted octanol–water partition coefficient (Wildman–Crippen LogP) is 2.98. The Labute approximate surface area is 127 Å². The molecule has 0 aliphatic heterocycles. The second-order valence-electron chi connectivity index (χ2n) is 4.74. The summed E-state index contributed by atoms with van der Waals surface area (Å²) in [6, 6.07) is 16.4. The molecule has 0 bridgehead atoms. The molecule has 22 heavy (non-hydrogen) atoms. The Bertz CT molecular complexity index is 785. The van der Waals surface area contributed by atoms with E-state index in [1.54, 1.807) is 36.7 Å². The van der Waals surface area contributed by atoms with E-state index in [4.69, 9.17) is 5.73 Å². The van der Waals surface area contributed by atoms with Crippen LogP contribution in [-0.2, 0) is 0 Å². The van der Waals surface area contributed by atoms with Crippen LogP contribution in [0.1, 0.15) is 10.4 Å². The molecule has 0 aliphatic carbocycles. The highest BCUT2D eigenvalue weighted by molar-refractivity contribution is 6.04. The third-order valence-corrected chi connectivity index (χ3v) is 3.09. The van der Waals surface area contributed by atoms with Crippen LogP contribution in [0.4, 0.5) is 11.4 Å². The quantitative estimate of drug-likeness (QED) is 0.727. The number of aromatic nitrogens is 2. The number of carbonyl (C=O) groups excluding carboxylic acids is 1. The molecule has 3 rings (SSSR count). The van der Waals surface area contributed by atoms with Crippen molar-refractivity contribution in [2.24, 2.45) is 0 Å². The van der Waals surface area contributed by atoms with Gasteiger partial charge in [-0.15, -0.1) is 0 Å². The number of nitrogens with two attached hydrogens (primary N) is 1. The van der Waals surface area contributed by atoms with Crippen molar-refractivity contribution in [1.29, 1.82) is 0 Å². The molecule has 0 spiro atoms. The van der Waals surface area contributed by atoms with Crippen molar-refractivity contribution >= 4 is 17.3 Å². The second-order valence-corrected chi connectivity index (χ2v) is 4.74. The zero-order valence-corrected chi connectivity index (χ0v) is 11.7. The second kappa shape index (κ2) is 6.05. The van der Waals surface area contributed by atoms with Gasteiger partial charge in [0, 0.05) is 16.8 Å². The molecule has 0 atom stereocenters. The van der Waals surface area contributed by atoms with Gasteiger partial charge in [-0.2, -0.15) is 0 Å². The van der Waals surface area contributed by atoms with Crippen molar-refractivity contribution < 1.29 is 4.79 Å². The molecule has 1 aromatic heterocycles. The van der Waals surface area contributed by atoms with Crippen molar-refractivity contribution in [2.45, 2.75) is 0 Å². The molecule has 0 saturated carbocycles. The molecule has 1 heterocycles. The number of nitrogen functional groups attached to an aromatic ring is 1. The lowest BCUT2D eigenvalue weighted by molar-refractivity contribution is 0.102. The highest BCUT2D eigenvalue weighted by Crippen LogP contribution is 2.15. The maximum Gasteiger partial charge on any atom is 0.255 e. The van der Waals surface area contributed by atoms with Crippen molar-refractivity contribution in [2.75, 3.05) is 11.1 Å². The van der Waals surface area contributed by atoms with Crippen LogP contribution in [-0.4, -0.2) is 15.9 Å². The SMILES string of the molecule is Nc1cccc(C(=O)Nc2cnc(-c3ccccc3)nc2)c1. The molecule has 5 nitrogen and oxygen atoms in total. The number of nitrogens with zero attached hydrogens (tertiary/aromatic N) is 2. The molecule has 3 aromatic rings. The fourth-order valence-electron chi connectivity index (χ4n) is 2.01. The first-order chi connectivity index (χ1) is 10.7. The summed E-state index contributed by atoms with van der Waals surface area (Å²) in [5, 5.41) is 2.74. The Morgan fingerprint density at radius 3 is 2.36 bits per heavy atom. The number of anilines is 2. The molecule has 2 aromatic carbocycles. The third kappa shape index (κ3) is 3.09. The van der Waals surface area contributed by atoms with Crippen LogP contribution in [0.3, 0.4) is 0 Å². The van der Waals surface area contributed by atoms with Gasteiger partial charge >= 0.3 is 0 Å². The van der Waals surface area contributed by atoms with E-state index in [-0.39, 0.29) is 5.91 Å². The molecular formula is C17H14N4O. The van der Waals surface area contributed by atoms with Gasteiger partial charge in [-0.3, -0.25) is 4.79 Å². The number of rotatable bonds is 3. The number of carbonyl (C=O) groups is 1. The molecule has 5 heteroatoms. The van der Waals surface area contributed by atoms with Crippen LogP contribution in [0.2, 0.25) is 0 Å². The van der Waals surface area contributed by atoms with E-state index in [0.29, 0.717) is 22.8 Å². The van der Waals surface area contributed by atoms with Crippen molar-refractivity contribution in [3.05, 3.63) is 72.6 Å². The maximum atomic E-state index is 12.1. The minimum absolute atomic E-state index is 0.247.